The number of hydrogen-bond acceptors (Lipinski definition) is 5. The van der Waals surface area contributed by atoms with Crippen LogP contribution in [0.4, 0.5) is 0 Å². The molecule has 0 fully saturated rings. The molecule has 0 aliphatic heterocycles. The summed E-state index contributed by atoms with van der Waals surface area (Å²) >= 11 is 0. The molecule has 0 aromatic carbocycles. The van der Waals surface area contributed by atoms with Gasteiger partial charge in [0, 0.05) is 6.20 Å². The van der Waals surface area contributed by atoms with E-state index < -0.39 is 0 Å². The average molecular weight is 246 g/mol. The molecule has 2 aromatic rings. The molecule has 2 aromatic heterocycles. The van der Waals surface area contributed by atoms with Gasteiger partial charge in [0.05, 0.1) is 6.04 Å². The maximum Gasteiger partial charge on any atom is 0.243 e. The van der Waals surface area contributed by atoms with E-state index in [9.17, 15) is 0 Å². The van der Waals surface area contributed by atoms with Crippen LogP contribution in [0.5, 0.6) is 0 Å². The smallest absolute Gasteiger partial charge is 0.243 e. The lowest BCUT2D eigenvalue weighted by Crippen LogP contribution is -2.10. The fraction of sp³-hybridized carbons (Fsp3) is 0.462. The van der Waals surface area contributed by atoms with Crippen LogP contribution >= 0.6 is 0 Å². The van der Waals surface area contributed by atoms with Crippen molar-refractivity contribution in [2.45, 2.75) is 39.2 Å². The maximum absolute atomic E-state index is 5.95. The Labute approximate surface area is 106 Å². The predicted octanol–water partition coefficient (Wildman–Crippen LogP) is 2.49. The zero-order valence-corrected chi connectivity index (χ0v) is 10.8. The summed E-state index contributed by atoms with van der Waals surface area (Å²) in [7, 11) is 0. The molecule has 0 radical (unpaired) electrons. The van der Waals surface area contributed by atoms with Crippen LogP contribution in [0, 0.1) is 0 Å². The first-order valence-corrected chi connectivity index (χ1v) is 6.29. The van der Waals surface area contributed by atoms with Gasteiger partial charge < -0.3 is 10.3 Å². The van der Waals surface area contributed by atoms with Gasteiger partial charge in [-0.3, -0.25) is 4.98 Å². The first kappa shape index (κ1) is 12.7. The molecule has 0 spiro atoms. The Morgan fingerprint density at radius 3 is 2.94 bits per heavy atom. The van der Waals surface area contributed by atoms with Crippen molar-refractivity contribution in [3.8, 4) is 11.5 Å². The number of aryl methyl sites for hydroxylation is 1. The third-order valence-corrected chi connectivity index (χ3v) is 2.84. The second-order valence-corrected chi connectivity index (χ2v) is 4.22. The van der Waals surface area contributed by atoms with Gasteiger partial charge >= 0.3 is 0 Å². The fourth-order valence-corrected chi connectivity index (χ4v) is 1.84. The highest BCUT2D eigenvalue weighted by molar-refractivity contribution is 5.53. The summed E-state index contributed by atoms with van der Waals surface area (Å²) in [6.45, 7) is 4.15. The van der Waals surface area contributed by atoms with Crippen molar-refractivity contribution in [1.82, 2.24) is 15.1 Å². The van der Waals surface area contributed by atoms with Crippen LogP contribution in [0.15, 0.2) is 22.9 Å². The number of aromatic nitrogens is 3. The van der Waals surface area contributed by atoms with Gasteiger partial charge in [0.1, 0.15) is 5.69 Å². The van der Waals surface area contributed by atoms with Crippen LogP contribution in [-0.2, 0) is 6.42 Å². The summed E-state index contributed by atoms with van der Waals surface area (Å²) in [5.74, 6) is 1.01. The highest BCUT2D eigenvalue weighted by Crippen LogP contribution is 2.21. The molecule has 18 heavy (non-hydrogen) atoms. The van der Waals surface area contributed by atoms with Crippen molar-refractivity contribution < 1.29 is 4.52 Å². The van der Waals surface area contributed by atoms with Gasteiger partial charge in [-0.15, -0.1) is 0 Å². The highest BCUT2D eigenvalue weighted by Gasteiger charge is 2.17. The van der Waals surface area contributed by atoms with Crippen LogP contribution in [0.25, 0.3) is 11.5 Å². The van der Waals surface area contributed by atoms with Crippen LogP contribution in [0.2, 0.25) is 0 Å². The Hall–Kier alpha value is -1.75. The molecule has 0 amide bonds. The highest BCUT2D eigenvalue weighted by atomic mass is 16.5. The Kier molecular flexibility index (Phi) is 4.04. The molecule has 5 heteroatoms. The van der Waals surface area contributed by atoms with Crippen molar-refractivity contribution in [2.75, 3.05) is 0 Å². The molecule has 1 unspecified atom stereocenters. The van der Waals surface area contributed by atoms with Gasteiger partial charge in [-0.1, -0.05) is 31.5 Å². The number of nitrogens with zero attached hydrogens (tertiary/aromatic N) is 3. The van der Waals surface area contributed by atoms with Gasteiger partial charge in [-0.05, 0) is 24.5 Å². The third-order valence-electron chi connectivity index (χ3n) is 2.84. The average Bonchev–Trinajstić information content (AvgIpc) is 2.88. The van der Waals surface area contributed by atoms with E-state index >= 15 is 0 Å². The zero-order valence-electron chi connectivity index (χ0n) is 10.8. The molecule has 5 nitrogen and oxygen atoms in total. The molecule has 0 bridgehead atoms. The molecule has 2 heterocycles. The van der Waals surface area contributed by atoms with Crippen LogP contribution in [0.1, 0.15) is 44.2 Å². The molecule has 0 aliphatic rings. The van der Waals surface area contributed by atoms with E-state index in [2.05, 4.69) is 29.0 Å². The second kappa shape index (κ2) is 5.73. The molecule has 96 valence electrons. The van der Waals surface area contributed by atoms with Gasteiger partial charge in [-0.2, -0.15) is 4.98 Å². The summed E-state index contributed by atoms with van der Waals surface area (Å²) in [6, 6.07) is 3.74. The first-order valence-electron chi connectivity index (χ1n) is 6.29. The minimum atomic E-state index is -0.190. The SMILES string of the molecule is CCCC(N)c1nc(-c2ncccc2CC)no1. The van der Waals surface area contributed by atoms with Gasteiger partial charge in [-0.25, -0.2) is 0 Å². The zero-order chi connectivity index (χ0) is 13.0. The lowest BCUT2D eigenvalue weighted by molar-refractivity contribution is 0.348. The molecule has 0 saturated heterocycles. The quantitative estimate of drug-likeness (QED) is 0.876. The number of rotatable bonds is 5. The molecular formula is C13H18N4O. The summed E-state index contributed by atoms with van der Waals surface area (Å²) in [4.78, 5) is 8.65. The summed E-state index contributed by atoms with van der Waals surface area (Å²) in [5.41, 5.74) is 7.83. The Morgan fingerprint density at radius 2 is 2.22 bits per heavy atom. The van der Waals surface area contributed by atoms with Gasteiger partial charge in [0.25, 0.3) is 0 Å². The van der Waals surface area contributed by atoms with Crippen molar-refractivity contribution in [3.05, 3.63) is 29.8 Å². The maximum atomic E-state index is 5.95. The van der Waals surface area contributed by atoms with Crippen LogP contribution < -0.4 is 5.73 Å². The molecule has 2 N–H and O–H groups in total. The summed E-state index contributed by atoms with van der Waals surface area (Å²) in [6.07, 6.45) is 4.44. The van der Waals surface area contributed by atoms with Crippen LogP contribution in [-0.4, -0.2) is 15.1 Å². The molecular weight excluding hydrogens is 228 g/mol. The van der Waals surface area contributed by atoms with Crippen molar-refractivity contribution in [2.24, 2.45) is 5.73 Å². The molecule has 1 atom stereocenters. The normalized spacial score (nSPS) is 12.6. The lowest BCUT2D eigenvalue weighted by atomic mass is 10.1. The number of pyridine rings is 1. The van der Waals surface area contributed by atoms with E-state index in [0.29, 0.717) is 11.7 Å². The third kappa shape index (κ3) is 2.56. The van der Waals surface area contributed by atoms with E-state index in [-0.39, 0.29) is 6.04 Å². The van der Waals surface area contributed by atoms with Crippen LogP contribution in [0.3, 0.4) is 0 Å². The van der Waals surface area contributed by atoms with E-state index in [1.807, 2.05) is 12.1 Å². The molecule has 0 saturated carbocycles. The topological polar surface area (TPSA) is 77.8 Å². The van der Waals surface area contributed by atoms with Crippen molar-refractivity contribution in [3.63, 3.8) is 0 Å². The van der Waals surface area contributed by atoms with Crippen molar-refractivity contribution >= 4 is 0 Å². The van der Waals surface area contributed by atoms with E-state index in [1.165, 1.54) is 0 Å². The Bertz CT molecular complexity index is 509. The first-order chi connectivity index (χ1) is 8.76. The number of hydrogen-bond donors (Lipinski definition) is 1. The number of nitrogens with two attached hydrogens (primary N) is 1. The van der Waals surface area contributed by atoms with E-state index in [4.69, 9.17) is 10.3 Å². The lowest BCUT2D eigenvalue weighted by Gasteiger charge is -2.02. The van der Waals surface area contributed by atoms with Gasteiger partial charge in [0.15, 0.2) is 0 Å². The second-order valence-electron chi connectivity index (χ2n) is 4.22. The van der Waals surface area contributed by atoms with E-state index in [1.54, 1.807) is 6.20 Å². The monoisotopic (exact) mass is 246 g/mol. The van der Waals surface area contributed by atoms with Crippen molar-refractivity contribution in [1.29, 1.82) is 0 Å². The Balaban J connectivity index is 2.29. The largest absolute Gasteiger partial charge is 0.337 e. The minimum Gasteiger partial charge on any atom is -0.337 e. The molecule has 0 aliphatic carbocycles. The van der Waals surface area contributed by atoms with E-state index in [0.717, 1.165) is 30.5 Å². The summed E-state index contributed by atoms with van der Waals surface area (Å²) in [5, 5.41) is 3.97. The van der Waals surface area contributed by atoms with Gasteiger partial charge in [0.2, 0.25) is 11.7 Å². The fourth-order valence-electron chi connectivity index (χ4n) is 1.84. The Morgan fingerprint density at radius 1 is 1.39 bits per heavy atom. The standard InChI is InChI=1S/C13H18N4O/c1-3-6-10(14)13-16-12(17-18-13)11-9(4-2)7-5-8-15-11/h5,7-8,10H,3-4,6,14H2,1-2H3. The summed E-state index contributed by atoms with van der Waals surface area (Å²) < 4.78 is 5.21. The molecule has 2 rings (SSSR count). The predicted molar refractivity (Wildman–Crippen MR) is 68.7 cm³/mol. The minimum absolute atomic E-state index is 0.190.